The quantitative estimate of drug-likeness (QED) is 0.930. The fourth-order valence-corrected chi connectivity index (χ4v) is 2.25. The van der Waals surface area contributed by atoms with Crippen LogP contribution >= 0.6 is 0 Å². The van der Waals surface area contributed by atoms with Crippen LogP contribution in [0.1, 0.15) is 17.7 Å². The Balaban J connectivity index is 1.80. The third-order valence-electron chi connectivity index (χ3n) is 3.33. The minimum Gasteiger partial charge on any atom is -0.490 e. The van der Waals surface area contributed by atoms with E-state index < -0.39 is 0 Å². The molecule has 2 aromatic rings. The molecule has 0 spiro atoms. The largest absolute Gasteiger partial charge is 0.490 e. The van der Waals surface area contributed by atoms with Crippen molar-refractivity contribution >= 4 is 5.69 Å². The molecule has 3 rings (SSSR count). The van der Waals surface area contributed by atoms with Crippen LogP contribution in [0.4, 0.5) is 5.69 Å². The monoisotopic (exact) mass is 270 g/mol. The van der Waals surface area contributed by atoms with Crippen molar-refractivity contribution in [3.05, 3.63) is 47.8 Å². The van der Waals surface area contributed by atoms with E-state index in [1.54, 1.807) is 6.20 Å². The lowest BCUT2D eigenvalue weighted by atomic mass is 10.1. The Bertz CT molecular complexity index is 599. The number of fused-ring (bicyclic) bond motifs is 1. The number of ether oxygens (including phenoxy) is 2. The summed E-state index contributed by atoms with van der Waals surface area (Å²) in [6.45, 7) is 4.11. The maximum absolute atomic E-state index is 5.82. The van der Waals surface area contributed by atoms with E-state index in [4.69, 9.17) is 9.47 Å². The van der Waals surface area contributed by atoms with Crippen molar-refractivity contribution in [1.82, 2.24) is 4.98 Å². The van der Waals surface area contributed by atoms with Gasteiger partial charge >= 0.3 is 0 Å². The van der Waals surface area contributed by atoms with Crippen LogP contribution in [0.25, 0.3) is 0 Å². The van der Waals surface area contributed by atoms with Crippen molar-refractivity contribution in [1.29, 1.82) is 0 Å². The zero-order valence-corrected chi connectivity index (χ0v) is 11.6. The van der Waals surface area contributed by atoms with Crippen LogP contribution in [0.3, 0.4) is 0 Å². The lowest BCUT2D eigenvalue weighted by Gasteiger charge is -2.14. The van der Waals surface area contributed by atoms with E-state index in [0.717, 1.165) is 34.9 Å². The normalized spacial score (nSPS) is 13.7. The second-order valence-corrected chi connectivity index (χ2v) is 4.78. The van der Waals surface area contributed by atoms with Gasteiger partial charge in [0.25, 0.3) is 0 Å². The van der Waals surface area contributed by atoms with Gasteiger partial charge in [-0.1, -0.05) is 12.1 Å². The standard InChI is InChI=1S/C16H18N2O2/c1-12-14(6-3-8-17-12)18-11-13-5-2-7-15-16(13)20-10-4-9-19-15/h2-3,5-8,18H,4,9-11H2,1H3. The van der Waals surface area contributed by atoms with E-state index in [0.29, 0.717) is 19.8 Å². The van der Waals surface area contributed by atoms with Gasteiger partial charge in [0, 0.05) is 24.7 Å². The Hall–Kier alpha value is -2.23. The molecule has 0 atom stereocenters. The number of hydrogen-bond acceptors (Lipinski definition) is 4. The number of hydrogen-bond donors (Lipinski definition) is 1. The number of nitrogens with one attached hydrogen (secondary N) is 1. The number of nitrogens with zero attached hydrogens (tertiary/aromatic N) is 1. The second-order valence-electron chi connectivity index (χ2n) is 4.78. The molecule has 1 aliphatic rings. The number of rotatable bonds is 3. The Morgan fingerprint density at radius 2 is 2.05 bits per heavy atom. The molecule has 1 N–H and O–H groups in total. The first-order valence-electron chi connectivity index (χ1n) is 6.87. The summed E-state index contributed by atoms with van der Waals surface area (Å²) in [5.41, 5.74) is 3.14. The van der Waals surface area contributed by atoms with Crippen LogP contribution in [-0.2, 0) is 6.54 Å². The van der Waals surface area contributed by atoms with Gasteiger partial charge in [-0.25, -0.2) is 0 Å². The Labute approximate surface area is 118 Å². The number of anilines is 1. The van der Waals surface area contributed by atoms with Crippen LogP contribution in [-0.4, -0.2) is 18.2 Å². The fourth-order valence-electron chi connectivity index (χ4n) is 2.25. The molecule has 20 heavy (non-hydrogen) atoms. The Morgan fingerprint density at radius 1 is 1.15 bits per heavy atom. The highest BCUT2D eigenvalue weighted by Crippen LogP contribution is 2.33. The average Bonchev–Trinajstić information content (AvgIpc) is 2.72. The summed E-state index contributed by atoms with van der Waals surface area (Å²) in [5.74, 6) is 1.70. The lowest BCUT2D eigenvalue weighted by molar-refractivity contribution is 0.296. The molecule has 1 aromatic heterocycles. The van der Waals surface area contributed by atoms with Crippen LogP contribution in [0.15, 0.2) is 36.5 Å². The van der Waals surface area contributed by atoms with Crippen molar-refractivity contribution in [2.24, 2.45) is 0 Å². The SMILES string of the molecule is Cc1ncccc1NCc1cccc2c1OCCCO2. The molecule has 2 heterocycles. The minimum atomic E-state index is 0.694. The number of para-hydroxylation sites is 1. The van der Waals surface area contributed by atoms with Gasteiger partial charge in [-0.3, -0.25) is 4.98 Å². The highest BCUT2D eigenvalue weighted by Gasteiger charge is 2.14. The fraction of sp³-hybridized carbons (Fsp3) is 0.312. The summed E-state index contributed by atoms with van der Waals surface area (Å²) in [7, 11) is 0. The highest BCUT2D eigenvalue weighted by molar-refractivity contribution is 5.51. The van der Waals surface area contributed by atoms with E-state index in [-0.39, 0.29) is 0 Å². The van der Waals surface area contributed by atoms with E-state index in [9.17, 15) is 0 Å². The Morgan fingerprint density at radius 3 is 2.95 bits per heavy atom. The Kier molecular flexibility index (Phi) is 3.72. The molecule has 1 aromatic carbocycles. The maximum atomic E-state index is 5.82. The third kappa shape index (κ3) is 2.69. The first-order chi connectivity index (χ1) is 9.84. The van der Waals surface area contributed by atoms with Gasteiger partial charge in [0.05, 0.1) is 24.6 Å². The van der Waals surface area contributed by atoms with Gasteiger partial charge in [-0.05, 0) is 25.1 Å². The van der Waals surface area contributed by atoms with Gasteiger partial charge in [0.15, 0.2) is 11.5 Å². The molecular formula is C16H18N2O2. The van der Waals surface area contributed by atoms with Crippen LogP contribution < -0.4 is 14.8 Å². The number of benzene rings is 1. The molecule has 0 bridgehead atoms. The van der Waals surface area contributed by atoms with Gasteiger partial charge < -0.3 is 14.8 Å². The molecule has 104 valence electrons. The zero-order chi connectivity index (χ0) is 13.8. The molecule has 0 aliphatic carbocycles. The molecule has 4 heteroatoms. The first-order valence-corrected chi connectivity index (χ1v) is 6.87. The van der Waals surface area contributed by atoms with Crippen molar-refractivity contribution in [3.63, 3.8) is 0 Å². The van der Waals surface area contributed by atoms with Gasteiger partial charge in [-0.15, -0.1) is 0 Å². The van der Waals surface area contributed by atoms with Crippen molar-refractivity contribution < 1.29 is 9.47 Å². The van der Waals surface area contributed by atoms with E-state index in [1.807, 2.05) is 31.2 Å². The second kappa shape index (κ2) is 5.82. The summed E-state index contributed by atoms with van der Waals surface area (Å²) < 4.78 is 11.5. The average molecular weight is 270 g/mol. The minimum absolute atomic E-state index is 0.694. The summed E-state index contributed by atoms with van der Waals surface area (Å²) in [6, 6.07) is 9.98. The summed E-state index contributed by atoms with van der Waals surface area (Å²) >= 11 is 0. The predicted octanol–water partition coefficient (Wildman–Crippen LogP) is 3.16. The molecule has 0 saturated heterocycles. The van der Waals surface area contributed by atoms with Gasteiger partial charge in [0.2, 0.25) is 0 Å². The summed E-state index contributed by atoms with van der Waals surface area (Å²) in [4.78, 5) is 4.28. The number of aryl methyl sites for hydroxylation is 1. The molecule has 4 nitrogen and oxygen atoms in total. The number of pyridine rings is 1. The molecule has 1 aliphatic heterocycles. The van der Waals surface area contributed by atoms with Crippen LogP contribution in [0.2, 0.25) is 0 Å². The van der Waals surface area contributed by atoms with E-state index >= 15 is 0 Å². The lowest BCUT2D eigenvalue weighted by Crippen LogP contribution is -2.05. The third-order valence-corrected chi connectivity index (χ3v) is 3.33. The van der Waals surface area contributed by atoms with Crippen LogP contribution in [0.5, 0.6) is 11.5 Å². The van der Waals surface area contributed by atoms with E-state index in [2.05, 4.69) is 16.4 Å². The van der Waals surface area contributed by atoms with Crippen molar-refractivity contribution in [3.8, 4) is 11.5 Å². The maximum Gasteiger partial charge on any atom is 0.166 e. The summed E-state index contributed by atoms with van der Waals surface area (Å²) in [5, 5.41) is 3.40. The molecule has 0 radical (unpaired) electrons. The van der Waals surface area contributed by atoms with Gasteiger partial charge in [-0.2, -0.15) is 0 Å². The topological polar surface area (TPSA) is 43.4 Å². The zero-order valence-electron chi connectivity index (χ0n) is 11.6. The van der Waals surface area contributed by atoms with Crippen LogP contribution in [0, 0.1) is 6.92 Å². The molecule has 0 fully saturated rings. The first kappa shape index (κ1) is 12.8. The molecule has 0 unspecified atom stereocenters. The van der Waals surface area contributed by atoms with Crippen molar-refractivity contribution in [2.45, 2.75) is 19.9 Å². The highest BCUT2D eigenvalue weighted by atomic mass is 16.5. The van der Waals surface area contributed by atoms with E-state index in [1.165, 1.54) is 0 Å². The predicted molar refractivity (Wildman–Crippen MR) is 78.3 cm³/mol. The smallest absolute Gasteiger partial charge is 0.166 e. The molecule has 0 saturated carbocycles. The van der Waals surface area contributed by atoms with Gasteiger partial charge in [0.1, 0.15) is 0 Å². The summed E-state index contributed by atoms with van der Waals surface area (Å²) in [6.07, 6.45) is 2.72. The number of aromatic nitrogens is 1. The molecular weight excluding hydrogens is 252 g/mol. The van der Waals surface area contributed by atoms with Crippen molar-refractivity contribution in [2.75, 3.05) is 18.5 Å². The molecule has 0 amide bonds.